The first kappa shape index (κ1) is 13.7. The van der Waals surface area contributed by atoms with Gasteiger partial charge in [0, 0.05) is 5.57 Å². The lowest BCUT2D eigenvalue weighted by atomic mass is 10.2. The highest BCUT2D eigenvalue weighted by molar-refractivity contribution is 5.88. The standard InChI is InChI=1S/C12H18O3/c1-4-15-12(14)11(3)7-5-6-10(2)8-9-13/h5-8,13H,4,9H2,1-3H3/b6-5+,10-8-,11-7+. The molecule has 1 N–H and O–H groups in total. The van der Waals surface area contributed by atoms with Crippen LogP contribution in [-0.2, 0) is 9.53 Å². The summed E-state index contributed by atoms with van der Waals surface area (Å²) in [4.78, 5) is 11.2. The van der Waals surface area contributed by atoms with Crippen LogP contribution in [0.5, 0.6) is 0 Å². The predicted octanol–water partition coefficient (Wildman–Crippen LogP) is 1.99. The quantitative estimate of drug-likeness (QED) is 0.429. The molecule has 0 aromatic carbocycles. The highest BCUT2D eigenvalue weighted by atomic mass is 16.5. The number of hydrogen-bond donors (Lipinski definition) is 1. The number of carbonyl (C=O) groups is 1. The summed E-state index contributed by atoms with van der Waals surface area (Å²) < 4.78 is 4.81. The van der Waals surface area contributed by atoms with Crippen molar-refractivity contribution in [2.75, 3.05) is 13.2 Å². The van der Waals surface area contributed by atoms with Crippen LogP contribution in [0.3, 0.4) is 0 Å². The van der Waals surface area contributed by atoms with Gasteiger partial charge in [0.05, 0.1) is 13.2 Å². The second kappa shape index (κ2) is 8.00. The Morgan fingerprint density at radius 3 is 2.60 bits per heavy atom. The van der Waals surface area contributed by atoms with Crippen molar-refractivity contribution in [2.45, 2.75) is 20.8 Å². The third-order valence-electron chi connectivity index (χ3n) is 1.72. The normalized spacial score (nSPS) is 13.3. The van der Waals surface area contributed by atoms with Crippen LogP contribution in [0, 0.1) is 0 Å². The summed E-state index contributed by atoms with van der Waals surface area (Å²) in [6, 6.07) is 0. The van der Waals surface area contributed by atoms with Crippen molar-refractivity contribution in [3.63, 3.8) is 0 Å². The van der Waals surface area contributed by atoms with E-state index in [2.05, 4.69) is 0 Å². The Balaban J connectivity index is 4.27. The summed E-state index contributed by atoms with van der Waals surface area (Å²) >= 11 is 0. The van der Waals surface area contributed by atoms with Crippen LogP contribution in [0.4, 0.5) is 0 Å². The van der Waals surface area contributed by atoms with Crippen LogP contribution >= 0.6 is 0 Å². The van der Waals surface area contributed by atoms with Crippen LogP contribution in [0.2, 0.25) is 0 Å². The van der Waals surface area contributed by atoms with Crippen LogP contribution in [-0.4, -0.2) is 24.3 Å². The van der Waals surface area contributed by atoms with Gasteiger partial charge < -0.3 is 9.84 Å². The number of carbonyl (C=O) groups excluding carboxylic acids is 1. The minimum Gasteiger partial charge on any atom is -0.463 e. The molecule has 0 unspecified atom stereocenters. The lowest BCUT2D eigenvalue weighted by molar-refractivity contribution is -0.138. The summed E-state index contributed by atoms with van der Waals surface area (Å²) in [5, 5.41) is 8.60. The SMILES string of the molecule is CCOC(=O)/C(C)=C/C=C/C(C)=C\CO. The molecule has 0 rings (SSSR count). The molecule has 0 heterocycles. The maximum atomic E-state index is 11.2. The zero-order chi connectivity index (χ0) is 11.7. The molecule has 0 aliphatic carbocycles. The lowest BCUT2D eigenvalue weighted by Gasteiger charge is -1.99. The van der Waals surface area contributed by atoms with Crippen LogP contribution < -0.4 is 0 Å². The first-order valence-corrected chi connectivity index (χ1v) is 4.91. The van der Waals surface area contributed by atoms with E-state index < -0.39 is 0 Å². The topological polar surface area (TPSA) is 46.5 Å². The van der Waals surface area contributed by atoms with E-state index >= 15 is 0 Å². The Labute approximate surface area is 90.8 Å². The molecule has 0 aliphatic heterocycles. The Kier molecular flexibility index (Phi) is 7.28. The minimum atomic E-state index is -0.300. The van der Waals surface area contributed by atoms with Crippen LogP contribution in [0.15, 0.2) is 35.5 Å². The van der Waals surface area contributed by atoms with Crippen LogP contribution in [0.25, 0.3) is 0 Å². The van der Waals surface area contributed by atoms with E-state index in [0.717, 1.165) is 5.57 Å². The molecule has 0 fully saturated rings. The Morgan fingerprint density at radius 2 is 2.07 bits per heavy atom. The van der Waals surface area contributed by atoms with Crippen LogP contribution in [0.1, 0.15) is 20.8 Å². The third-order valence-corrected chi connectivity index (χ3v) is 1.72. The molecule has 0 aromatic rings. The molecule has 0 saturated heterocycles. The van der Waals surface area contributed by atoms with E-state index in [4.69, 9.17) is 9.84 Å². The number of allylic oxidation sites excluding steroid dienone is 4. The number of ether oxygens (including phenoxy) is 1. The number of rotatable bonds is 5. The molecule has 15 heavy (non-hydrogen) atoms. The molecule has 0 amide bonds. The van der Waals surface area contributed by atoms with Crippen molar-refractivity contribution >= 4 is 5.97 Å². The average Bonchev–Trinajstić information content (AvgIpc) is 2.18. The number of esters is 1. The van der Waals surface area contributed by atoms with Gasteiger partial charge in [0.1, 0.15) is 0 Å². The van der Waals surface area contributed by atoms with Gasteiger partial charge in [-0.3, -0.25) is 0 Å². The molecule has 3 nitrogen and oxygen atoms in total. The first-order chi connectivity index (χ1) is 7.11. The Bertz CT molecular complexity index is 285. The molecular weight excluding hydrogens is 192 g/mol. The monoisotopic (exact) mass is 210 g/mol. The molecule has 0 bridgehead atoms. The van der Waals surface area contributed by atoms with Crippen molar-refractivity contribution in [1.29, 1.82) is 0 Å². The van der Waals surface area contributed by atoms with Gasteiger partial charge in [-0.25, -0.2) is 4.79 Å². The predicted molar refractivity (Wildman–Crippen MR) is 60.4 cm³/mol. The van der Waals surface area contributed by atoms with Crippen molar-refractivity contribution in [2.24, 2.45) is 0 Å². The van der Waals surface area contributed by atoms with E-state index in [-0.39, 0.29) is 12.6 Å². The van der Waals surface area contributed by atoms with Crippen molar-refractivity contribution in [1.82, 2.24) is 0 Å². The van der Waals surface area contributed by atoms with E-state index in [1.165, 1.54) is 0 Å². The number of hydrogen-bond acceptors (Lipinski definition) is 3. The first-order valence-electron chi connectivity index (χ1n) is 4.91. The van der Waals surface area contributed by atoms with E-state index in [1.807, 2.05) is 13.0 Å². The molecule has 0 spiro atoms. The molecule has 3 heteroatoms. The average molecular weight is 210 g/mol. The molecule has 0 radical (unpaired) electrons. The maximum absolute atomic E-state index is 11.2. The lowest BCUT2D eigenvalue weighted by Crippen LogP contribution is -2.04. The molecule has 0 atom stereocenters. The summed E-state index contributed by atoms with van der Waals surface area (Å²) in [6.07, 6.45) is 6.95. The van der Waals surface area contributed by atoms with Gasteiger partial charge in [0.15, 0.2) is 0 Å². The summed E-state index contributed by atoms with van der Waals surface area (Å²) in [6.45, 7) is 5.76. The zero-order valence-corrected chi connectivity index (χ0v) is 9.49. The maximum Gasteiger partial charge on any atom is 0.333 e. The molecule has 0 aromatic heterocycles. The highest BCUT2D eigenvalue weighted by Crippen LogP contribution is 1.99. The van der Waals surface area contributed by atoms with Gasteiger partial charge in [-0.2, -0.15) is 0 Å². The Morgan fingerprint density at radius 1 is 1.40 bits per heavy atom. The molecule has 0 saturated carbocycles. The fourth-order valence-electron chi connectivity index (χ4n) is 0.869. The molecule has 0 aliphatic rings. The number of aliphatic hydroxyl groups excluding tert-OH is 1. The molecular formula is C12H18O3. The second-order valence-electron chi connectivity index (χ2n) is 3.06. The minimum absolute atomic E-state index is 0.0245. The summed E-state index contributed by atoms with van der Waals surface area (Å²) in [5.41, 5.74) is 1.51. The van der Waals surface area contributed by atoms with Gasteiger partial charge in [0.2, 0.25) is 0 Å². The second-order valence-corrected chi connectivity index (χ2v) is 3.06. The van der Waals surface area contributed by atoms with Crippen molar-refractivity contribution < 1.29 is 14.6 Å². The van der Waals surface area contributed by atoms with Gasteiger partial charge in [0.25, 0.3) is 0 Å². The van der Waals surface area contributed by atoms with E-state index in [9.17, 15) is 4.79 Å². The van der Waals surface area contributed by atoms with Gasteiger partial charge >= 0.3 is 5.97 Å². The number of aliphatic hydroxyl groups is 1. The zero-order valence-electron chi connectivity index (χ0n) is 9.49. The fraction of sp³-hybridized carbons (Fsp3) is 0.417. The third kappa shape index (κ3) is 6.69. The van der Waals surface area contributed by atoms with E-state index in [1.54, 1.807) is 32.1 Å². The van der Waals surface area contributed by atoms with E-state index in [0.29, 0.717) is 12.2 Å². The largest absolute Gasteiger partial charge is 0.463 e. The smallest absolute Gasteiger partial charge is 0.333 e. The fourth-order valence-corrected chi connectivity index (χ4v) is 0.869. The van der Waals surface area contributed by atoms with Gasteiger partial charge in [-0.1, -0.05) is 29.9 Å². The Hall–Kier alpha value is -1.35. The molecule has 84 valence electrons. The summed E-state index contributed by atoms with van der Waals surface area (Å²) in [7, 11) is 0. The summed E-state index contributed by atoms with van der Waals surface area (Å²) in [5.74, 6) is -0.300. The highest BCUT2D eigenvalue weighted by Gasteiger charge is 2.01. The van der Waals surface area contributed by atoms with Gasteiger partial charge in [-0.15, -0.1) is 0 Å². The van der Waals surface area contributed by atoms with Crippen molar-refractivity contribution in [3.8, 4) is 0 Å². The van der Waals surface area contributed by atoms with Gasteiger partial charge in [-0.05, 0) is 20.8 Å². The van der Waals surface area contributed by atoms with Crippen molar-refractivity contribution in [3.05, 3.63) is 35.5 Å².